The van der Waals surface area contributed by atoms with Crippen LogP contribution in [0.3, 0.4) is 0 Å². The Kier molecular flexibility index (Phi) is 4.34. The Bertz CT molecular complexity index is 299. The van der Waals surface area contributed by atoms with Crippen LogP contribution in [0.2, 0.25) is 0 Å². The maximum atomic E-state index is 5.79. The van der Waals surface area contributed by atoms with Gasteiger partial charge in [-0.3, -0.25) is 0 Å². The van der Waals surface area contributed by atoms with E-state index in [4.69, 9.17) is 14.2 Å². The lowest BCUT2D eigenvalue weighted by Crippen LogP contribution is -2.15. The van der Waals surface area contributed by atoms with Gasteiger partial charge in [0.1, 0.15) is 0 Å². The van der Waals surface area contributed by atoms with Crippen LogP contribution in [-0.4, -0.2) is 32.5 Å². The van der Waals surface area contributed by atoms with Crippen LogP contribution in [0.5, 0.6) is 0 Å². The second-order valence-corrected chi connectivity index (χ2v) is 4.06. The van der Waals surface area contributed by atoms with Crippen molar-refractivity contribution in [3.05, 3.63) is 35.9 Å². The summed E-state index contributed by atoms with van der Waals surface area (Å²) >= 11 is 0. The quantitative estimate of drug-likeness (QED) is 0.762. The van der Waals surface area contributed by atoms with Gasteiger partial charge >= 0.3 is 0 Å². The molecule has 0 aromatic heterocycles. The Morgan fingerprint density at radius 1 is 1.31 bits per heavy atom. The largest absolute Gasteiger partial charge is 0.382 e. The second kappa shape index (κ2) is 5.99. The van der Waals surface area contributed by atoms with Gasteiger partial charge in [-0.25, -0.2) is 0 Å². The van der Waals surface area contributed by atoms with Crippen LogP contribution < -0.4 is 0 Å². The Hall–Kier alpha value is -0.900. The van der Waals surface area contributed by atoms with E-state index in [1.165, 1.54) is 5.56 Å². The summed E-state index contributed by atoms with van der Waals surface area (Å²) in [6, 6.07) is 10.2. The third-order valence-electron chi connectivity index (χ3n) is 2.72. The van der Waals surface area contributed by atoms with E-state index >= 15 is 0 Å². The van der Waals surface area contributed by atoms with Crippen LogP contribution in [0.1, 0.15) is 12.0 Å². The molecule has 1 aromatic rings. The first-order chi connectivity index (χ1) is 7.88. The first-order valence-electron chi connectivity index (χ1n) is 5.64. The standard InChI is InChI=1S/C13H18O3/c1-14-9-12-7-13(10-16-12)15-8-11-5-3-2-4-6-11/h2-6,12-13H,7-10H2,1H3. The van der Waals surface area contributed by atoms with Crippen molar-refractivity contribution in [2.24, 2.45) is 0 Å². The number of hydrogen-bond acceptors (Lipinski definition) is 3. The number of benzene rings is 1. The lowest BCUT2D eigenvalue weighted by Gasteiger charge is -2.10. The summed E-state index contributed by atoms with van der Waals surface area (Å²) in [5.74, 6) is 0. The molecule has 2 rings (SSSR count). The van der Waals surface area contributed by atoms with Crippen molar-refractivity contribution in [1.29, 1.82) is 0 Å². The zero-order valence-corrected chi connectivity index (χ0v) is 9.59. The van der Waals surface area contributed by atoms with Crippen LogP contribution in [0.15, 0.2) is 30.3 Å². The van der Waals surface area contributed by atoms with Gasteiger partial charge in [-0.15, -0.1) is 0 Å². The Balaban J connectivity index is 1.72. The van der Waals surface area contributed by atoms with Gasteiger partial charge in [-0.05, 0) is 5.56 Å². The van der Waals surface area contributed by atoms with E-state index in [9.17, 15) is 0 Å². The number of ether oxygens (including phenoxy) is 3. The van der Waals surface area contributed by atoms with Gasteiger partial charge in [0.25, 0.3) is 0 Å². The highest BCUT2D eigenvalue weighted by atomic mass is 16.6. The minimum Gasteiger partial charge on any atom is -0.382 e. The van der Waals surface area contributed by atoms with Crippen molar-refractivity contribution in [2.45, 2.75) is 25.2 Å². The molecule has 88 valence electrons. The molecule has 1 aliphatic rings. The van der Waals surface area contributed by atoms with Crippen molar-refractivity contribution in [1.82, 2.24) is 0 Å². The van der Waals surface area contributed by atoms with Gasteiger partial charge in [0.2, 0.25) is 0 Å². The van der Waals surface area contributed by atoms with Gasteiger partial charge in [0, 0.05) is 13.5 Å². The van der Waals surface area contributed by atoms with E-state index in [0.29, 0.717) is 19.8 Å². The minimum absolute atomic E-state index is 0.200. The summed E-state index contributed by atoms with van der Waals surface area (Å²) in [5, 5.41) is 0. The number of rotatable bonds is 5. The predicted molar refractivity (Wildman–Crippen MR) is 61.3 cm³/mol. The molecule has 0 aliphatic carbocycles. The number of hydrogen-bond donors (Lipinski definition) is 0. The molecule has 0 radical (unpaired) electrons. The minimum atomic E-state index is 0.200. The molecule has 0 spiro atoms. The van der Waals surface area contributed by atoms with Gasteiger partial charge in [-0.2, -0.15) is 0 Å². The summed E-state index contributed by atoms with van der Waals surface area (Å²) in [7, 11) is 1.70. The average molecular weight is 222 g/mol. The summed E-state index contributed by atoms with van der Waals surface area (Å²) < 4.78 is 16.4. The molecule has 1 heterocycles. The maximum absolute atomic E-state index is 5.79. The van der Waals surface area contributed by atoms with Crippen LogP contribution in [0, 0.1) is 0 Å². The first kappa shape index (κ1) is 11.6. The Morgan fingerprint density at radius 3 is 2.88 bits per heavy atom. The van der Waals surface area contributed by atoms with E-state index in [0.717, 1.165) is 6.42 Å². The van der Waals surface area contributed by atoms with Crippen molar-refractivity contribution in [3.63, 3.8) is 0 Å². The fourth-order valence-electron chi connectivity index (χ4n) is 1.88. The molecule has 0 bridgehead atoms. The van der Waals surface area contributed by atoms with Crippen LogP contribution in [0.4, 0.5) is 0 Å². The second-order valence-electron chi connectivity index (χ2n) is 4.06. The molecule has 1 saturated heterocycles. The monoisotopic (exact) mass is 222 g/mol. The van der Waals surface area contributed by atoms with Gasteiger partial charge in [0.05, 0.1) is 32.0 Å². The normalized spacial score (nSPS) is 24.8. The fourth-order valence-corrected chi connectivity index (χ4v) is 1.88. The van der Waals surface area contributed by atoms with Crippen molar-refractivity contribution < 1.29 is 14.2 Å². The van der Waals surface area contributed by atoms with Crippen LogP contribution in [-0.2, 0) is 20.8 Å². The van der Waals surface area contributed by atoms with Crippen molar-refractivity contribution in [3.8, 4) is 0 Å². The topological polar surface area (TPSA) is 27.7 Å². The van der Waals surface area contributed by atoms with Crippen LogP contribution >= 0.6 is 0 Å². The van der Waals surface area contributed by atoms with E-state index in [1.807, 2.05) is 18.2 Å². The van der Waals surface area contributed by atoms with Crippen LogP contribution in [0.25, 0.3) is 0 Å². The van der Waals surface area contributed by atoms with Gasteiger partial charge in [-0.1, -0.05) is 30.3 Å². The fraction of sp³-hybridized carbons (Fsp3) is 0.538. The van der Waals surface area contributed by atoms with E-state index in [2.05, 4.69) is 12.1 Å². The Labute approximate surface area is 96.3 Å². The molecule has 1 aliphatic heterocycles. The molecule has 1 aromatic carbocycles. The highest BCUT2D eigenvalue weighted by Gasteiger charge is 2.25. The molecule has 16 heavy (non-hydrogen) atoms. The van der Waals surface area contributed by atoms with E-state index in [1.54, 1.807) is 7.11 Å². The molecule has 0 N–H and O–H groups in total. The zero-order valence-electron chi connectivity index (χ0n) is 9.59. The Morgan fingerprint density at radius 2 is 2.12 bits per heavy atom. The highest BCUT2D eigenvalue weighted by Crippen LogP contribution is 2.17. The number of methoxy groups -OCH3 is 1. The summed E-state index contributed by atoms with van der Waals surface area (Å²) in [5.41, 5.74) is 1.21. The van der Waals surface area contributed by atoms with Crippen molar-refractivity contribution in [2.75, 3.05) is 20.3 Å². The van der Waals surface area contributed by atoms with Gasteiger partial charge in [0.15, 0.2) is 0 Å². The molecule has 0 amide bonds. The third kappa shape index (κ3) is 3.30. The molecule has 3 nitrogen and oxygen atoms in total. The molecule has 2 unspecified atom stereocenters. The van der Waals surface area contributed by atoms with E-state index < -0.39 is 0 Å². The lowest BCUT2D eigenvalue weighted by atomic mass is 10.2. The summed E-state index contributed by atoms with van der Waals surface area (Å²) in [6.45, 7) is 2.00. The SMILES string of the molecule is COCC1CC(OCc2ccccc2)CO1. The smallest absolute Gasteiger partial charge is 0.0838 e. The lowest BCUT2D eigenvalue weighted by molar-refractivity contribution is 0.0162. The molecule has 0 saturated carbocycles. The first-order valence-corrected chi connectivity index (χ1v) is 5.64. The highest BCUT2D eigenvalue weighted by molar-refractivity contribution is 5.13. The zero-order chi connectivity index (χ0) is 11.2. The molecular weight excluding hydrogens is 204 g/mol. The summed E-state index contributed by atoms with van der Waals surface area (Å²) in [6.07, 6.45) is 1.34. The third-order valence-corrected chi connectivity index (χ3v) is 2.72. The molecule has 3 heteroatoms. The molecular formula is C13H18O3. The maximum Gasteiger partial charge on any atom is 0.0838 e. The van der Waals surface area contributed by atoms with Crippen molar-refractivity contribution >= 4 is 0 Å². The van der Waals surface area contributed by atoms with Gasteiger partial charge < -0.3 is 14.2 Å². The molecule has 2 atom stereocenters. The predicted octanol–water partition coefficient (Wildman–Crippen LogP) is 2.01. The molecule has 1 fully saturated rings. The van der Waals surface area contributed by atoms with E-state index in [-0.39, 0.29) is 12.2 Å². The summed E-state index contributed by atoms with van der Waals surface area (Å²) in [4.78, 5) is 0. The average Bonchev–Trinajstić information content (AvgIpc) is 2.76.